The average Bonchev–Trinajstić information content (AvgIpc) is 2.97. The Kier molecular flexibility index (Phi) is 2.45. The number of fused-ring (bicyclic) bond motifs is 4. The fourth-order valence-electron chi connectivity index (χ4n) is 4.80. The van der Waals surface area contributed by atoms with Crippen molar-refractivity contribution in [2.75, 3.05) is 0 Å². The van der Waals surface area contributed by atoms with Gasteiger partial charge < -0.3 is 24.8 Å². The molecule has 4 fully saturated rings. The van der Waals surface area contributed by atoms with E-state index in [0.29, 0.717) is 12.3 Å². The zero-order valence-electron chi connectivity index (χ0n) is 11.2. The molecule has 5 heteroatoms. The molecule has 5 nitrogen and oxygen atoms in total. The lowest BCUT2D eigenvalue weighted by atomic mass is 9.80. The molecule has 1 heterocycles. The second-order valence-corrected chi connectivity index (χ2v) is 7.15. The Morgan fingerprint density at radius 1 is 1.05 bits per heavy atom. The van der Waals surface area contributed by atoms with Crippen LogP contribution in [-0.2, 0) is 9.47 Å². The minimum Gasteiger partial charge on any atom is -0.390 e. The van der Waals surface area contributed by atoms with E-state index in [1.54, 1.807) is 0 Å². The molecule has 3 N–H and O–H groups in total. The number of aliphatic hydroxyl groups is 3. The first-order chi connectivity index (χ1) is 8.94. The highest BCUT2D eigenvalue weighted by Gasteiger charge is 2.67. The molecule has 0 amide bonds. The monoisotopic (exact) mass is 270 g/mol. The molecule has 1 saturated heterocycles. The van der Waals surface area contributed by atoms with Crippen LogP contribution in [0.1, 0.15) is 39.0 Å². The molecular weight excluding hydrogens is 248 g/mol. The first-order valence-corrected chi connectivity index (χ1v) is 7.34. The van der Waals surface area contributed by atoms with Crippen molar-refractivity contribution in [2.24, 2.45) is 11.3 Å². The topological polar surface area (TPSA) is 79.2 Å². The summed E-state index contributed by atoms with van der Waals surface area (Å²) in [5.41, 5.74) is 0.0185. The molecular formula is C14H22O5. The van der Waals surface area contributed by atoms with E-state index in [-0.39, 0.29) is 11.5 Å². The molecule has 19 heavy (non-hydrogen) atoms. The van der Waals surface area contributed by atoms with Gasteiger partial charge in [0.2, 0.25) is 0 Å². The summed E-state index contributed by atoms with van der Waals surface area (Å²) in [6.07, 6.45) is 0.740. The summed E-state index contributed by atoms with van der Waals surface area (Å²) in [5, 5.41) is 29.7. The van der Waals surface area contributed by atoms with Gasteiger partial charge in [-0.05, 0) is 25.2 Å². The molecule has 1 spiro atoms. The minimum atomic E-state index is -1.13. The van der Waals surface area contributed by atoms with Gasteiger partial charge in [0.25, 0.3) is 0 Å². The number of aliphatic hydroxyl groups excluding tert-OH is 3. The quantitative estimate of drug-likeness (QED) is 0.584. The molecule has 0 aromatic carbocycles. The van der Waals surface area contributed by atoms with Crippen LogP contribution in [0.15, 0.2) is 0 Å². The van der Waals surface area contributed by atoms with Crippen molar-refractivity contribution < 1.29 is 24.8 Å². The van der Waals surface area contributed by atoms with Crippen LogP contribution in [0.25, 0.3) is 0 Å². The van der Waals surface area contributed by atoms with Gasteiger partial charge in [0.1, 0.15) is 18.3 Å². The summed E-state index contributed by atoms with van der Waals surface area (Å²) in [6, 6.07) is 0. The van der Waals surface area contributed by atoms with Crippen LogP contribution in [0.2, 0.25) is 0 Å². The SMILES string of the molecule is C[C@@]12CC[C@@H](C1)C[C@@]21OC2C[C@@H](O)C(O)C(O)C2O1. The second kappa shape index (κ2) is 3.71. The lowest BCUT2D eigenvalue weighted by Gasteiger charge is -2.40. The molecule has 3 saturated carbocycles. The van der Waals surface area contributed by atoms with Gasteiger partial charge in [-0.25, -0.2) is 0 Å². The Morgan fingerprint density at radius 3 is 2.47 bits per heavy atom. The minimum absolute atomic E-state index is 0.0185. The van der Waals surface area contributed by atoms with E-state index in [9.17, 15) is 15.3 Å². The number of hydrogen-bond donors (Lipinski definition) is 3. The molecule has 3 aliphatic carbocycles. The zero-order valence-corrected chi connectivity index (χ0v) is 11.2. The molecule has 108 valence electrons. The van der Waals surface area contributed by atoms with E-state index in [1.165, 1.54) is 6.42 Å². The van der Waals surface area contributed by atoms with Gasteiger partial charge in [-0.15, -0.1) is 0 Å². The van der Waals surface area contributed by atoms with E-state index < -0.39 is 30.2 Å². The standard InChI is InChI=1S/C14H22O5/c1-13-3-2-7(5-13)6-14(13)18-9-4-8(15)10(16)11(17)12(9)19-14/h7-12,15-17H,2-6H2,1H3/t7-,8+,9?,10?,11?,12?,13+,14-/m0/s1. The van der Waals surface area contributed by atoms with Crippen molar-refractivity contribution >= 4 is 0 Å². The number of ether oxygens (including phenoxy) is 2. The van der Waals surface area contributed by atoms with Crippen molar-refractivity contribution in [3.8, 4) is 0 Å². The Bertz CT molecular complexity index is 401. The molecule has 0 radical (unpaired) electrons. The second-order valence-electron chi connectivity index (χ2n) is 7.15. The third kappa shape index (κ3) is 1.48. The highest BCUT2D eigenvalue weighted by atomic mass is 16.8. The Balaban J connectivity index is 1.63. The van der Waals surface area contributed by atoms with Gasteiger partial charge in [0.15, 0.2) is 5.79 Å². The van der Waals surface area contributed by atoms with Crippen molar-refractivity contribution in [2.45, 2.75) is 75.3 Å². The summed E-state index contributed by atoms with van der Waals surface area (Å²) in [5.74, 6) is 0.0490. The van der Waals surface area contributed by atoms with Crippen LogP contribution in [0.4, 0.5) is 0 Å². The first kappa shape index (κ1) is 12.5. The predicted octanol–water partition coefficient (Wildman–Crippen LogP) is 0.163. The molecule has 0 aromatic heterocycles. The maximum Gasteiger partial charge on any atom is 0.174 e. The van der Waals surface area contributed by atoms with Gasteiger partial charge in [0, 0.05) is 18.3 Å². The predicted molar refractivity (Wildman–Crippen MR) is 65.2 cm³/mol. The van der Waals surface area contributed by atoms with Crippen molar-refractivity contribution in [3.63, 3.8) is 0 Å². The highest BCUT2D eigenvalue weighted by Crippen LogP contribution is 2.64. The van der Waals surface area contributed by atoms with Gasteiger partial charge in [-0.1, -0.05) is 6.92 Å². The van der Waals surface area contributed by atoms with Gasteiger partial charge in [-0.3, -0.25) is 0 Å². The number of rotatable bonds is 0. The van der Waals surface area contributed by atoms with E-state index in [0.717, 1.165) is 19.3 Å². The normalized spacial score (nSPS) is 63.8. The largest absolute Gasteiger partial charge is 0.390 e. The smallest absolute Gasteiger partial charge is 0.174 e. The van der Waals surface area contributed by atoms with Crippen LogP contribution in [0, 0.1) is 11.3 Å². The summed E-state index contributed by atoms with van der Waals surface area (Å²) in [4.78, 5) is 0. The van der Waals surface area contributed by atoms with Crippen LogP contribution in [0.5, 0.6) is 0 Å². The van der Waals surface area contributed by atoms with E-state index in [2.05, 4.69) is 6.92 Å². The fraction of sp³-hybridized carbons (Fsp3) is 1.00. The highest BCUT2D eigenvalue weighted by molar-refractivity contribution is 5.11. The van der Waals surface area contributed by atoms with Crippen molar-refractivity contribution in [1.82, 2.24) is 0 Å². The molecule has 0 aromatic rings. The lowest BCUT2D eigenvalue weighted by molar-refractivity contribution is -0.244. The van der Waals surface area contributed by atoms with E-state index >= 15 is 0 Å². The maximum atomic E-state index is 10.1. The molecule has 4 aliphatic rings. The van der Waals surface area contributed by atoms with Gasteiger partial charge in [0.05, 0.1) is 12.2 Å². The van der Waals surface area contributed by atoms with E-state index in [4.69, 9.17) is 9.47 Å². The first-order valence-electron chi connectivity index (χ1n) is 7.34. The molecule has 8 atom stereocenters. The van der Waals surface area contributed by atoms with E-state index in [1.807, 2.05) is 0 Å². The van der Waals surface area contributed by atoms with Gasteiger partial charge in [-0.2, -0.15) is 0 Å². The van der Waals surface area contributed by atoms with Crippen LogP contribution in [0.3, 0.4) is 0 Å². The Labute approximate surface area is 112 Å². The summed E-state index contributed by atoms with van der Waals surface area (Å²) >= 11 is 0. The lowest BCUT2D eigenvalue weighted by Crippen LogP contribution is -2.54. The van der Waals surface area contributed by atoms with Gasteiger partial charge >= 0.3 is 0 Å². The average molecular weight is 270 g/mol. The van der Waals surface area contributed by atoms with Crippen molar-refractivity contribution in [1.29, 1.82) is 0 Å². The third-order valence-electron chi connectivity index (χ3n) is 5.91. The summed E-state index contributed by atoms with van der Waals surface area (Å²) < 4.78 is 12.3. The molecule has 4 rings (SSSR count). The van der Waals surface area contributed by atoms with Crippen molar-refractivity contribution in [3.05, 3.63) is 0 Å². The molecule has 1 aliphatic heterocycles. The van der Waals surface area contributed by atoms with Crippen LogP contribution >= 0.6 is 0 Å². The summed E-state index contributed by atoms with van der Waals surface area (Å²) in [7, 11) is 0. The molecule has 4 unspecified atom stereocenters. The maximum absolute atomic E-state index is 10.1. The fourth-order valence-corrected chi connectivity index (χ4v) is 4.80. The number of hydrogen-bond acceptors (Lipinski definition) is 5. The van der Waals surface area contributed by atoms with Crippen LogP contribution < -0.4 is 0 Å². The summed E-state index contributed by atoms with van der Waals surface area (Å²) in [6.45, 7) is 2.20. The third-order valence-corrected chi connectivity index (χ3v) is 5.91. The molecule has 2 bridgehead atoms. The zero-order chi connectivity index (χ0) is 13.4. The van der Waals surface area contributed by atoms with Crippen LogP contribution in [-0.4, -0.2) is 51.6 Å². The Morgan fingerprint density at radius 2 is 1.84 bits per heavy atom. The Hall–Kier alpha value is -0.200.